The highest BCUT2D eigenvalue weighted by atomic mass is 19.2. The zero-order chi connectivity index (χ0) is 36.1. The first-order valence-corrected chi connectivity index (χ1v) is 12.6. The Labute approximate surface area is 260 Å². The Hall–Kier alpha value is -6.19. The number of nitrogens with zero attached hydrogens (tertiary/aromatic N) is 5. The van der Waals surface area contributed by atoms with Crippen LogP contribution in [0, 0.1) is 91.8 Å². The van der Waals surface area contributed by atoms with Gasteiger partial charge in [0.15, 0.2) is 58.9 Å². The number of halogens is 12. The predicted octanol–water partition coefficient (Wildman–Crippen LogP) is 7.43. The second kappa shape index (κ2) is 12.5. The molecule has 1 N–H and O–H groups in total. The van der Waals surface area contributed by atoms with Gasteiger partial charge in [0.25, 0.3) is 0 Å². The molecule has 0 heterocycles. The number of rotatable bonds is 4. The molecule has 1 aromatic carbocycles. The average Bonchev–Trinajstić information content (AvgIpc) is 3.78. The van der Waals surface area contributed by atoms with Gasteiger partial charge in [0.2, 0.25) is 0 Å². The smallest absolute Gasteiger partial charge is 0.180 e. The molecule has 6 nitrogen and oxygen atoms in total. The highest BCUT2D eigenvalue weighted by Gasteiger charge is 2.51. The summed E-state index contributed by atoms with van der Waals surface area (Å²) in [6.45, 7) is 0. The molecule has 4 unspecified atom stereocenters. The van der Waals surface area contributed by atoms with Crippen LogP contribution in [-0.2, 0) is 0 Å². The predicted molar refractivity (Wildman–Crippen MR) is 135 cm³/mol. The molecule has 18 heteroatoms. The molecule has 0 amide bonds. The molecule has 3 aliphatic carbocycles. The monoisotopic (exact) mass is 680 g/mol. The summed E-state index contributed by atoms with van der Waals surface area (Å²) in [5.41, 5.74) is -15.4. The van der Waals surface area contributed by atoms with Gasteiger partial charge < -0.3 is 5.32 Å². The van der Waals surface area contributed by atoms with Crippen LogP contribution in [0.2, 0.25) is 0 Å². The van der Waals surface area contributed by atoms with Gasteiger partial charge >= 0.3 is 0 Å². The van der Waals surface area contributed by atoms with Gasteiger partial charge in [-0.1, -0.05) is 0 Å². The van der Waals surface area contributed by atoms with E-state index >= 15 is 26.3 Å². The van der Waals surface area contributed by atoms with Crippen LogP contribution in [0.15, 0.2) is 74.1 Å². The maximum absolute atomic E-state index is 15.3. The van der Waals surface area contributed by atoms with Crippen molar-refractivity contribution in [2.24, 2.45) is 11.8 Å². The maximum Gasteiger partial charge on any atom is 0.180 e. The molecule has 1 saturated carbocycles. The van der Waals surface area contributed by atoms with Gasteiger partial charge in [-0.2, -0.15) is 26.3 Å². The molecular weight excluding hydrogens is 672 g/mol. The zero-order valence-corrected chi connectivity index (χ0v) is 23.1. The molecule has 4 rings (SSSR count). The number of nitrogens with one attached hydrogen (secondary N) is 1. The minimum atomic E-state index is -3.32. The van der Waals surface area contributed by atoms with Crippen molar-refractivity contribution in [2.75, 3.05) is 7.05 Å². The maximum atomic E-state index is 15.3. The van der Waals surface area contributed by atoms with Crippen LogP contribution in [0.3, 0.4) is 0 Å². The number of benzene rings is 1. The normalized spacial score (nSPS) is 25.5. The second-order valence-electron chi connectivity index (χ2n) is 9.65. The highest BCUT2D eigenvalue weighted by Crippen LogP contribution is 2.58. The quantitative estimate of drug-likeness (QED) is 0.200. The van der Waals surface area contributed by atoms with Crippen LogP contribution in [0.5, 0.6) is 0 Å². The number of nitriles is 5. The van der Waals surface area contributed by atoms with Crippen LogP contribution in [0.1, 0.15) is 11.1 Å². The minimum absolute atomic E-state index is 0.769. The second-order valence-corrected chi connectivity index (χ2v) is 9.65. The van der Waals surface area contributed by atoms with Crippen molar-refractivity contribution in [1.29, 1.82) is 26.3 Å². The number of hydrogen-bond acceptors (Lipinski definition) is 6. The van der Waals surface area contributed by atoms with E-state index in [9.17, 15) is 36.9 Å². The van der Waals surface area contributed by atoms with Crippen LogP contribution in [0.25, 0.3) is 5.57 Å². The van der Waals surface area contributed by atoms with E-state index in [0.717, 1.165) is 37.4 Å². The summed E-state index contributed by atoms with van der Waals surface area (Å²) in [5.74, 6) is -29.0. The lowest BCUT2D eigenvalue weighted by atomic mass is 9.87. The lowest BCUT2D eigenvalue weighted by Crippen LogP contribution is -2.30. The molecule has 48 heavy (non-hydrogen) atoms. The summed E-state index contributed by atoms with van der Waals surface area (Å²) < 4.78 is 179. The molecule has 0 radical (unpaired) electrons. The fraction of sp³-hybridized carbons (Fsp3) is 0.167. The Bertz CT molecular complexity index is 2140. The fourth-order valence-electron chi connectivity index (χ4n) is 5.09. The Kier molecular flexibility index (Phi) is 9.06. The lowest BCUT2D eigenvalue weighted by molar-refractivity contribution is 0.234. The zero-order valence-electron chi connectivity index (χ0n) is 23.1. The van der Waals surface area contributed by atoms with Crippen LogP contribution in [-0.4, -0.2) is 19.4 Å². The summed E-state index contributed by atoms with van der Waals surface area (Å²) in [5, 5.41) is 48.5. The van der Waals surface area contributed by atoms with Crippen LogP contribution < -0.4 is 5.32 Å². The first-order chi connectivity index (χ1) is 22.6. The van der Waals surface area contributed by atoms with Crippen molar-refractivity contribution >= 4 is 5.57 Å². The first-order valence-electron chi connectivity index (χ1n) is 12.6. The van der Waals surface area contributed by atoms with Gasteiger partial charge in [-0.05, 0) is 0 Å². The van der Waals surface area contributed by atoms with Crippen molar-refractivity contribution in [3.05, 3.63) is 108 Å². The topological polar surface area (TPSA) is 131 Å². The summed E-state index contributed by atoms with van der Waals surface area (Å²) in [6.07, 6.45) is -6.62. The molecule has 0 bridgehead atoms. The van der Waals surface area contributed by atoms with Gasteiger partial charge in [0.05, 0.1) is 34.3 Å². The van der Waals surface area contributed by atoms with Gasteiger partial charge in [-0.3, -0.25) is 0 Å². The molecule has 1 fully saturated rings. The lowest BCUT2D eigenvalue weighted by Gasteiger charge is -2.25. The Balaban J connectivity index is 2.26. The Morgan fingerprint density at radius 2 is 1.15 bits per heavy atom. The van der Waals surface area contributed by atoms with E-state index in [-0.39, 0.29) is 0 Å². The Morgan fingerprint density at radius 1 is 0.604 bits per heavy atom. The molecule has 0 aromatic heterocycles. The summed E-state index contributed by atoms with van der Waals surface area (Å²) >= 11 is 0. The summed E-state index contributed by atoms with van der Waals surface area (Å²) in [4.78, 5) is 0. The van der Waals surface area contributed by atoms with Crippen molar-refractivity contribution in [2.45, 2.75) is 12.3 Å². The number of hydrogen-bond donors (Lipinski definition) is 1. The first kappa shape index (κ1) is 34.7. The van der Waals surface area contributed by atoms with Crippen LogP contribution in [0.4, 0.5) is 52.7 Å². The number of allylic oxidation sites excluding steroid dienone is 13. The third-order valence-corrected chi connectivity index (χ3v) is 7.34. The molecular formula is C30H8F12N6. The molecule has 4 atom stereocenters. The minimum Gasteiger partial charge on any atom is -0.390 e. The van der Waals surface area contributed by atoms with Gasteiger partial charge in [0, 0.05) is 29.5 Å². The third kappa shape index (κ3) is 4.80. The molecule has 0 saturated heterocycles. The van der Waals surface area contributed by atoms with E-state index in [1.807, 2.05) is 5.32 Å². The standard InChI is InChI=1S/C30H8F12N6/c1-48-30(17-28(41)22(35)11(6-47)23(36)29(17)42)16-12(7(2-43)14-24(37)18(31)9(4-45)19(32)25(14)38)13(16)8(3-44)15-26(39)20(33)10(5-46)21(34)27(15)40/h9,17-18,28,48H,1H3. The summed E-state index contributed by atoms with van der Waals surface area (Å²) in [6, 6.07) is 4.74. The van der Waals surface area contributed by atoms with Gasteiger partial charge in [-0.15, -0.1) is 0 Å². The SMILES string of the molecule is CNC(=C1C(=C(C#N)C2=C(F)C(F)C(C#N)C(F)=C2F)C1=C(C#N)c1c(F)c(F)c(C#N)c(F)c1F)C1C(F)=C(F)C(C#N)=C(F)C1F. The average molecular weight is 680 g/mol. The van der Waals surface area contributed by atoms with E-state index in [1.54, 1.807) is 0 Å². The van der Waals surface area contributed by atoms with Crippen molar-refractivity contribution < 1.29 is 52.7 Å². The van der Waals surface area contributed by atoms with E-state index < -0.39 is 138 Å². The molecule has 0 aliphatic heterocycles. The fourth-order valence-corrected chi connectivity index (χ4v) is 5.09. The van der Waals surface area contributed by atoms with E-state index in [2.05, 4.69) is 0 Å². The van der Waals surface area contributed by atoms with Gasteiger partial charge in [-0.25, -0.2) is 52.7 Å². The van der Waals surface area contributed by atoms with Crippen molar-refractivity contribution in [3.63, 3.8) is 0 Å². The molecule has 0 spiro atoms. The van der Waals surface area contributed by atoms with Crippen molar-refractivity contribution in [3.8, 4) is 30.3 Å². The van der Waals surface area contributed by atoms with E-state index in [1.165, 1.54) is 0 Å². The van der Waals surface area contributed by atoms with E-state index in [4.69, 9.17) is 15.8 Å². The third-order valence-electron chi connectivity index (χ3n) is 7.34. The Morgan fingerprint density at radius 3 is 1.60 bits per heavy atom. The highest BCUT2D eigenvalue weighted by molar-refractivity contribution is 6.00. The van der Waals surface area contributed by atoms with Crippen LogP contribution >= 0.6 is 0 Å². The molecule has 242 valence electrons. The summed E-state index contributed by atoms with van der Waals surface area (Å²) in [7, 11) is 0.769. The van der Waals surface area contributed by atoms with E-state index in [0.29, 0.717) is 0 Å². The van der Waals surface area contributed by atoms with Crippen molar-refractivity contribution in [1.82, 2.24) is 5.32 Å². The largest absolute Gasteiger partial charge is 0.390 e. The van der Waals surface area contributed by atoms with Gasteiger partial charge in [0.1, 0.15) is 53.0 Å². The number of alkyl halides is 2. The molecule has 3 aliphatic rings. The molecule has 1 aromatic rings.